The van der Waals surface area contributed by atoms with E-state index in [4.69, 9.17) is 21.1 Å². The number of carbonyl (C=O) groups excluding carboxylic acids is 1. The van der Waals surface area contributed by atoms with Gasteiger partial charge >= 0.3 is 0 Å². The minimum atomic E-state index is -0.0245. The van der Waals surface area contributed by atoms with Gasteiger partial charge < -0.3 is 9.47 Å². The third kappa shape index (κ3) is 3.04. The topological polar surface area (TPSA) is 35.5 Å². The van der Waals surface area contributed by atoms with E-state index in [1.54, 1.807) is 24.3 Å². The number of carbonyl (C=O) groups is 1. The van der Waals surface area contributed by atoms with Gasteiger partial charge in [0.15, 0.2) is 5.78 Å². The van der Waals surface area contributed by atoms with Crippen LogP contribution in [0.3, 0.4) is 0 Å². The molecule has 1 heterocycles. The van der Waals surface area contributed by atoms with Gasteiger partial charge in [0.2, 0.25) is 0 Å². The zero-order chi connectivity index (χ0) is 11.4. The minimum Gasteiger partial charge on any atom is -0.379 e. The Morgan fingerprint density at radius 2 is 2.19 bits per heavy atom. The van der Waals surface area contributed by atoms with E-state index < -0.39 is 0 Å². The van der Waals surface area contributed by atoms with Gasteiger partial charge in [0.1, 0.15) is 6.61 Å². The highest BCUT2D eigenvalue weighted by molar-refractivity contribution is 6.30. The zero-order valence-electron chi connectivity index (χ0n) is 8.82. The van der Waals surface area contributed by atoms with Gasteiger partial charge in [-0.15, -0.1) is 0 Å². The van der Waals surface area contributed by atoms with Crippen LogP contribution >= 0.6 is 11.6 Å². The minimum absolute atomic E-state index is 0.0245. The second kappa shape index (κ2) is 5.43. The summed E-state index contributed by atoms with van der Waals surface area (Å²) in [5.74, 6) is -0.0245. The maximum absolute atomic E-state index is 11.7. The highest BCUT2D eigenvalue weighted by Gasteiger charge is 2.17. The second-order valence-corrected chi connectivity index (χ2v) is 4.16. The first-order chi connectivity index (χ1) is 7.75. The Morgan fingerprint density at radius 1 is 1.44 bits per heavy atom. The molecule has 0 saturated carbocycles. The summed E-state index contributed by atoms with van der Waals surface area (Å²) in [5.41, 5.74) is 0.628. The molecule has 0 N–H and O–H groups in total. The molecule has 1 aliphatic heterocycles. The molecule has 1 atom stereocenters. The maximum atomic E-state index is 11.7. The van der Waals surface area contributed by atoms with Crippen LogP contribution in [0.15, 0.2) is 24.3 Å². The van der Waals surface area contributed by atoms with Gasteiger partial charge in [0.05, 0.1) is 12.7 Å². The Morgan fingerprint density at radius 3 is 2.81 bits per heavy atom. The number of ketones is 1. The predicted molar refractivity (Wildman–Crippen MR) is 61.0 cm³/mol. The molecule has 0 aromatic heterocycles. The van der Waals surface area contributed by atoms with Gasteiger partial charge in [-0.3, -0.25) is 4.79 Å². The molecule has 0 amide bonds. The van der Waals surface area contributed by atoms with Crippen molar-refractivity contribution in [2.45, 2.75) is 12.5 Å². The van der Waals surface area contributed by atoms with Crippen LogP contribution in [-0.2, 0) is 9.47 Å². The van der Waals surface area contributed by atoms with Gasteiger partial charge in [0, 0.05) is 17.2 Å². The van der Waals surface area contributed by atoms with Crippen LogP contribution < -0.4 is 0 Å². The van der Waals surface area contributed by atoms with E-state index in [0.29, 0.717) is 17.2 Å². The molecule has 0 radical (unpaired) electrons. The van der Waals surface area contributed by atoms with Gasteiger partial charge in [-0.25, -0.2) is 0 Å². The lowest BCUT2D eigenvalue weighted by molar-refractivity contribution is 0.0390. The molecule has 1 aromatic rings. The average Bonchev–Trinajstić information content (AvgIpc) is 2.80. The number of ether oxygens (including phenoxy) is 2. The molecule has 3 nitrogen and oxygen atoms in total. The van der Waals surface area contributed by atoms with Crippen LogP contribution in [-0.4, -0.2) is 31.7 Å². The fourth-order valence-corrected chi connectivity index (χ4v) is 1.68. The third-order valence-corrected chi connectivity index (χ3v) is 2.76. The number of rotatable bonds is 4. The van der Waals surface area contributed by atoms with E-state index in [1.807, 2.05) is 0 Å². The van der Waals surface area contributed by atoms with Crippen molar-refractivity contribution in [2.24, 2.45) is 0 Å². The van der Waals surface area contributed by atoms with Crippen molar-refractivity contribution in [3.05, 3.63) is 34.9 Å². The van der Waals surface area contributed by atoms with Gasteiger partial charge in [-0.05, 0) is 30.7 Å². The van der Waals surface area contributed by atoms with Crippen molar-refractivity contribution in [3.8, 4) is 0 Å². The Hall–Kier alpha value is -0.900. The standard InChI is InChI=1S/C12H13ClO3/c13-10-3-1-9(2-4-10)12(14)8-16-11-5-6-15-7-11/h1-4,11H,5-8H2. The van der Waals surface area contributed by atoms with E-state index in [-0.39, 0.29) is 18.5 Å². The maximum Gasteiger partial charge on any atom is 0.188 e. The van der Waals surface area contributed by atoms with E-state index in [9.17, 15) is 4.79 Å². The van der Waals surface area contributed by atoms with E-state index in [1.165, 1.54) is 0 Å². The molecule has 4 heteroatoms. The highest BCUT2D eigenvalue weighted by atomic mass is 35.5. The summed E-state index contributed by atoms with van der Waals surface area (Å²) in [4.78, 5) is 11.7. The van der Waals surface area contributed by atoms with Crippen LogP contribution in [0.25, 0.3) is 0 Å². The fraction of sp³-hybridized carbons (Fsp3) is 0.417. The molecular formula is C12H13ClO3. The van der Waals surface area contributed by atoms with Crippen LogP contribution in [0.4, 0.5) is 0 Å². The lowest BCUT2D eigenvalue weighted by Crippen LogP contribution is -2.18. The van der Waals surface area contributed by atoms with Crippen molar-refractivity contribution >= 4 is 17.4 Å². The Labute approximate surface area is 99.3 Å². The van der Waals surface area contributed by atoms with Crippen molar-refractivity contribution in [1.29, 1.82) is 0 Å². The number of hydrogen-bond donors (Lipinski definition) is 0. The number of hydrogen-bond acceptors (Lipinski definition) is 3. The molecule has 0 aliphatic carbocycles. The molecule has 0 spiro atoms. The lowest BCUT2D eigenvalue weighted by atomic mass is 10.1. The van der Waals surface area contributed by atoms with Crippen molar-refractivity contribution < 1.29 is 14.3 Å². The van der Waals surface area contributed by atoms with Crippen LogP contribution in [0, 0.1) is 0 Å². The van der Waals surface area contributed by atoms with E-state index in [0.717, 1.165) is 13.0 Å². The number of benzene rings is 1. The lowest BCUT2D eigenvalue weighted by Gasteiger charge is -2.08. The first-order valence-corrected chi connectivity index (χ1v) is 5.61. The smallest absolute Gasteiger partial charge is 0.188 e. The summed E-state index contributed by atoms with van der Waals surface area (Å²) < 4.78 is 10.6. The van der Waals surface area contributed by atoms with Gasteiger partial charge in [0.25, 0.3) is 0 Å². The molecule has 0 bridgehead atoms. The Kier molecular flexibility index (Phi) is 3.93. The van der Waals surface area contributed by atoms with Crippen LogP contribution in [0.5, 0.6) is 0 Å². The van der Waals surface area contributed by atoms with E-state index >= 15 is 0 Å². The average molecular weight is 241 g/mol. The molecule has 86 valence electrons. The summed E-state index contributed by atoms with van der Waals surface area (Å²) in [6.07, 6.45) is 0.935. The summed E-state index contributed by atoms with van der Waals surface area (Å²) >= 11 is 5.74. The molecule has 1 unspecified atom stereocenters. The molecule has 1 saturated heterocycles. The summed E-state index contributed by atoms with van der Waals surface area (Å²) in [6, 6.07) is 6.82. The molecule has 2 rings (SSSR count). The summed E-state index contributed by atoms with van der Waals surface area (Å²) in [7, 11) is 0. The van der Waals surface area contributed by atoms with Gasteiger partial charge in [-0.2, -0.15) is 0 Å². The SMILES string of the molecule is O=C(COC1CCOC1)c1ccc(Cl)cc1. The van der Waals surface area contributed by atoms with Crippen molar-refractivity contribution in [3.63, 3.8) is 0 Å². The van der Waals surface area contributed by atoms with Crippen molar-refractivity contribution in [2.75, 3.05) is 19.8 Å². The van der Waals surface area contributed by atoms with Crippen LogP contribution in [0.2, 0.25) is 5.02 Å². The van der Waals surface area contributed by atoms with Crippen molar-refractivity contribution in [1.82, 2.24) is 0 Å². The largest absolute Gasteiger partial charge is 0.379 e. The quantitative estimate of drug-likeness (QED) is 0.758. The third-order valence-electron chi connectivity index (χ3n) is 2.50. The molecular weight excluding hydrogens is 228 g/mol. The fourth-order valence-electron chi connectivity index (χ4n) is 1.56. The highest BCUT2D eigenvalue weighted by Crippen LogP contribution is 2.12. The first kappa shape index (κ1) is 11.6. The normalized spacial score (nSPS) is 19.9. The van der Waals surface area contributed by atoms with Crippen LogP contribution in [0.1, 0.15) is 16.8 Å². The predicted octanol–water partition coefficient (Wildman–Crippen LogP) is 2.33. The van der Waals surface area contributed by atoms with E-state index in [2.05, 4.69) is 0 Å². The summed E-state index contributed by atoms with van der Waals surface area (Å²) in [5, 5.41) is 0.627. The Balaban J connectivity index is 1.85. The Bertz CT molecular complexity index is 355. The number of halogens is 1. The zero-order valence-corrected chi connectivity index (χ0v) is 9.57. The first-order valence-electron chi connectivity index (χ1n) is 5.24. The second-order valence-electron chi connectivity index (χ2n) is 3.73. The molecule has 1 aromatic carbocycles. The monoisotopic (exact) mass is 240 g/mol. The van der Waals surface area contributed by atoms with Gasteiger partial charge in [-0.1, -0.05) is 11.6 Å². The molecule has 1 aliphatic rings. The summed E-state index contributed by atoms with van der Waals surface area (Å²) in [6.45, 7) is 1.42. The number of Topliss-reactive ketones (excluding diaryl/α,β-unsaturated/α-hetero) is 1. The molecule has 1 fully saturated rings. The molecule has 16 heavy (non-hydrogen) atoms.